The van der Waals surface area contributed by atoms with E-state index in [0.29, 0.717) is 18.9 Å². The van der Waals surface area contributed by atoms with Gasteiger partial charge in [-0.15, -0.1) is 0 Å². The lowest BCUT2D eigenvalue weighted by Gasteiger charge is -2.22. The first-order valence-electron chi connectivity index (χ1n) is 3.82. The number of rotatable bonds is 0. The molecule has 0 aromatic carbocycles. The van der Waals surface area contributed by atoms with Crippen LogP contribution in [0.15, 0.2) is 0 Å². The summed E-state index contributed by atoms with van der Waals surface area (Å²) < 4.78 is 0. The number of piperidine rings is 1. The molecule has 2 saturated heterocycles. The van der Waals surface area contributed by atoms with Gasteiger partial charge in [0.2, 0.25) is 11.8 Å². The zero-order valence-electron chi connectivity index (χ0n) is 6.09. The molecule has 4 heteroatoms. The summed E-state index contributed by atoms with van der Waals surface area (Å²) in [6.45, 7) is 1.38. The van der Waals surface area contributed by atoms with E-state index >= 15 is 0 Å². The summed E-state index contributed by atoms with van der Waals surface area (Å²) in [6, 6.07) is 0. The summed E-state index contributed by atoms with van der Waals surface area (Å²) in [6.07, 6.45) is 0.372. The van der Waals surface area contributed by atoms with Crippen LogP contribution in [0.1, 0.15) is 6.42 Å². The summed E-state index contributed by atoms with van der Waals surface area (Å²) in [4.78, 5) is 21.9. The van der Waals surface area contributed by atoms with Crippen LogP contribution in [0.4, 0.5) is 0 Å². The molecule has 2 heterocycles. The Morgan fingerprint density at radius 1 is 1.18 bits per heavy atom. The number of carbonyl (C=O) groups is 2. The molecule has 2 N–H and O–H groups in total. The first kappa shape index (κ1) is 6.64. The molecule has 2 atom stereocenters. The van der Waals surface area contributed by atoms with E-state index in [4.69, 9.17) is 0 Å². The van der Waals surface area contributed by atoms with Gasteiger partial charge in [0.15, 0.2) is 0 Å². The monoisotopic (exact) mass is 154 g/mol. The Morgan fingerprint density at radius 3 is 2.73 bits per heavy atom. The standard InChI is InChI=1S/C7H10N2O2/c10-6-1-5-4(2-8-6)3-9-7(5)11/h4-5H,1-3H2,(H,8,10)(H,9,11)/t4-,5+/m0/s1. The molecule has 0 unspecified atom stereocenters. The van der Waals surface area contributed by atoms with E-state index in [-0.39, 0.29) is 17.7 Å². The van der Waals surface area contributed by atoms with Gasteiger partial charge in [-0.05, 0) is 0 Å². The molecule has 2 aliphatic heterocycles. The van der Waals surface area contributed by atoms with Crippen molar-refractivity contribution in [3.05, 3.63) is 0 Å². The van der Waals surface area contributed by atoms with Crippen molar-refractivity contribution in [2.24, 2.45) is 11.8 Å². The SMILES string of the molecule is O=C1C[C@H]2C(=O)NC[C@@H]2CN1. The molecule has 0 radical (unpaired) electrons. The minimum atomic E-state index is -0.0521. The summed E-state index contributed by atoms with van der Waals surface area (Å²) in [5.74, 6) is 0.331. The summed E-state index contributed by atoms with van der Waals surface area (Å²) in [5, 5.41) is 5.49. The fourth-order valence-corrected chi connectivity index (χ4v) is 1.71. The van der Waals surface area contributed by atoms with Gasteiger partial charge >= 0.3 is 0 Å². The molecule has 60 valence electrons. The number of amides is 2. The van der Waals surface area contributed by atoms with E-state index in [1.807, 2.05) is 0 Å². The normalized spacial score (nSPS) is 36.0. The van der Waals surface area contributed by atoms with E-state index in [1.54, 1.807) is 0 Å². The summed E-state index contributed by atoms with van der Waals surface area (Å²) in [7, 11) is 0. The fraction of sp³-hybridized carbons (Fsp3) is 0.714. The Kier molecular flexibility index (Phi) is 1.34. The van der Waals surface area contributed by atoms with Crippen LogP contribution in [0.5, 0.6) is 0 Å². The number of nitrogens with one attached hydrogen (secondary N) is 2. The highest BCUT2D eigenvalue weighted by Crippen LogP contribution is 2.23. The second-order valence-corrected chi connectivity index (χ2v) is 3.12. The number of fused-ring (bicyclic) bond motifs is 1. The maximum Gasteiger partial charge on any atom is 0.224 e. The molecule has 4 nitrogen and oxygen atoms in total. The Balaban J connectivity index is 2.13. The minimum absolute atomic E-state index is 0.00306. The van der Waals surface area contributed by atoms with Gasteiger partial charge < -0.3 is 10.6 Å². The van der Waals surface area contributed by atoms with E-state index in [9.17, 15) is 9.59 Å². The third-order valence-electron chi connectivity index (χ3n) is 2.41. The Hall–Kier alpha value is -1.06. The van der Waals surface area contributed by atoms with Gasteiger partial charge in [0.25, 0.3) is 0 Å². The van der Waals surface area contributed by atoms with E-state index in [1.165, 1.54) is 0 Å². The average Bonchev–Trinajstić information content (AvgIpc) is 2.33. The Labute approximate surface area is 64.3 Å². The molecule has 0 aromatic rings. The lowest BCUT2D eigenvalue weighted by Crippen LogP contribution is -2.40. The van der Waals surface area contributed by atoms with Crippen LogP contribution in [0.3, 0.4) is 0 Å². The van der Waals surface area contributed by atoms with Crippen LogP contribution in [0.2, 0.25) is 0 Å². The quantitative estimate of drug-likeness (QED) is 0.464. The van der Waals surface area contributed by atoms with Crippen LogP contribution in [0, 0.1) is 11.8 Å². The highest BCUT2D eigenvalue weighted by Gasteiger charge is 2.38. The topological polar surface area (TPSA) is 58.2 Å². The number of hydrogen-bond donors (Lipinski definition) is 2. The van der Waals surface area contributed by atoms with Gasteiger partial charge in [0.1, 0.15) is 0 Å². The van der Waals surface area contributed by atoms with Crippen LogP contribution in [-0.4, -0.2) is 24.9 Å². The first-order chi connectivity index (χ1) is 5.27. The van der Waals surface area contributed by atoms with Crippen molar-refractivity contribution in [1.82, 2.24) is 10.6 Å². The molecule has 2 fully saturated rings. The second-order valence-electron chi connectivity index (χ2n) is 3.12. The van der Waals surface area contributed by atoms with Crippen molar-refractivity contribution in [3.63, 3.8) is 0 Å². The maximum absolute atomic E-state index is 11.1. The van der Waals surface area contributed by atoms with Gasteiger partial charge in [-0.1, -0.05) is 0 Å². The first-order valence-corrected chi connectivity index (χ1v) is 3.82. The van der Waals surface area contributed by atoms with Crippen molar-refractivity contribution in [3.8, 4) is 0 Å². The van der Waals surface area contributed by atoms with Crippen molar-refractivity contribution < 1.29 is 9.59 Å². The van der Waals surface area contributed by atoms with E-state index in [2.05, 4.69) is 10.6 Å². The van der Waals surface area contributed by atoms with Gasteiger partial charge in [-0.3, -0.25) is 9.59 Å². The molecule has 2 aliphatic rings. The Morgan fingerprint density at radius 2 is 1.91 bits per heavy atom. The van der Waals surface area contributed by atoms with Gasteiger partial charge in [-0.25, -0.2) is 0 Å². The highest BCUT2D eigenvalue weighted by atomic mass is 16.2. The van der Waals surface area contributed by atoms with Crippen LogP contribution in [-0.2, 0) is 9.59 Å². The van der Waals surface area contributed by atoms with Gasteiger partial charge in [-0.2, -0.15) is 0 Å². The molecule has 2 amide bonds. The predicted molar refractivity (Wildman–Crippen MR) is 37.6 cm³/mol. The van der Waals surface area contributed by atoms with Crippen molar-refractivity contribution in [2.45, 2.75) is 6.42 Å². The zero-order valence-corrected chi connectivity index (χ0v) is 6.09. The largest absolute Gasteiger partial charge is 0.356 e. The maximum atomic E-state index is 11.1. The predicted octanol–water partition coefficient (Wildman–Crippen LogP) is -1.13. The van der Waals surface area contributed by atoms with Gasteiger partial charge in [0, 0.05) is 25.4 Å². The minimum Gasteiger partial charge on any atom is -0.356 e. The number of hydrogen-bond acceptors (Lipinski definition) is 2. The van der Waals surface area contributed by atoms with Crippen LogP contribution < -0.4 is 10.6 Å². The molecule has 0 aliphatic carbocycles. The van der Waals surface area contributed by atoms with Crippen molar-refractivity contribution in [2.75, 3.05) is 13.1 Å². The van der Waals surface area contributed by atoms with E-state index in [0.717, 1.165) is 6.54 Å². The summed E-state index contributed by atoms with van der Waals surface area (Å²) in [5.41, 5.74) is 0. The van der Waals surface area contributed by atoms with Crippen LogP contribution in [0.25, 0.3) is 0 Å². The molecule has 0 saturated carbocycles. The lowest BCUT2D eigenvalue weighted by molar-refractivity contribution is -0.131. The summed E-state index contributed by atoms with van der Waals surface area (Å²) >= 11 is 0. The second kappa shape index (κ2) is 2.22. The molecular formula is C7H10N2O2. The smallest absolute Gasteiger partial charge is 0.224 e. The average molecular weight is 154 g/mol. The molecule has 0 spiro atoms. The lowest BCUT2D eigenvalue weighted by atomic mass is 9.89. The van der Waals surface area contributed by atoms with E-state index < -0.39 is 0 Å². The molecular weight excluding hydrogens is 144 g/mol. The zero-order chi connectivity index (χ0) is 7.84. The fourth-order valence-electron chi connectivity index (χ4n) is 1.71. The number of carbonyl (C=O) groups excluding carboxylic acids is 2. The van der Waals surface area contributed by atoms with Crippen molar-refractivity contribution >= 4 is 11.8 Å². The third kappa shape index (κ3) is 0.982. The van der Waals surface area contributed by atoms with Crippen LogP contribution >= 0.6 is 0 Å². The molecule has 0 aromatic heterocycles. The molecule has 0 bridgehead atoms. The highest BCUT2D eigenvalue weighted by molar-refractivity contribution is 5.88. The van der Waals surface area contributed by atoms with Gasteiger partial charge in [0.05, 0.1) is 5.92 Å². The third-order valence-corrected chi connectivity index (χ3v) is 2.41. The molecule has 11 heavy (non-hydrogen) atoms. The van der Waals surface area contributed by atoms with Crippen molar-refractivity contribution in [1.29, 1.82) is 0 Å². The molecule has 2 rings (SSSR count). The Bertz CT molecular complexity index is 214.